The zero-order valence-corrected chi connectivity index (χ0v) is 22.0. The van der Waals surface area contributed by atoms with Crippen LogP contribution in [0.1, 0.15) is 27.3 Å². The van der Waals surface area contributed by atoms with Crippen molar-refractivity contribution in [2.24, 2.45) is 0 Å². The number of ether oxygens (including phenoxy) is 1. The van der Waals surface area contributed by atoms with E-state index in [0.29, 0.717) is 59.6 Å². The summed E-state index contributed by atoms with van der Waals surface area (Å²) in [6, 6.07) is 5.92. The second kappa shape index (κ2) is 11.9. The van der Waals surface area contributed by atoms with Crippen molar-refractivity contribution in [1.29, 1.82) is 0 Å². The molecule has 0 unspecified atom stereocenters. The standard InChI is InChI=1S/C25H25ClFN7O3.ClH/c1-14-10-20(25(36)28-4-5-34-6-8-37-9-7-34)32-19(14)12-16-21-22(29-13-30-23(21)33-24(16)35)31-15-2-3-18(27)17(26)11-15;/h2-3,10-13,32H,4-9H2,1H3,(H,28,36)(H2,29,30,31,33,35);1H/b16-12-;. The minimum absolute atomic E-state index is 0. The summed E-state index contributed by atoms with van der Waals surface area (Å²) in [5.41, 5.74) is 3.07. The highest BCUT2D eigenvalue weighted by atomic mass is 35.5. The van der Waals surface area contributed by atoms with E-state index in [9.17, 15) is 14.0 Å². The van der Waals surface area contributed by atoms with Gasteiger partial charge in [-0.15, -0.1) is 12.4 Å². The Kier molecular flexibility index (Phi) is 8.62. The lowest BCUT2D eigenvalue weighted by molar-refractivity contribution is -0.110. The maximum atomic E-state index is 13.6. The maximum Gasteiger partial charge on any atom is 0.267 e. The zero-order chi connectivity index (χ0) is 25.9. The van der Waals surface area contributed by atoms with E-state index in [-0.39, 0.29) is 29.2 Å². The van der Waals surface area contributed by atoms with Crippen LogP contribution in [0, 0.1) is 12.7 Å². The van der Waals surface area contributed by atoms with Crippen molar-refractivity contribution >= 4 is 64.8 Å². The molecule has 3 aromatic rings. The number of hydrogen-bond donors (Lipinski definition) is 4. The maximum absolute atomic E-state index is 13.6. The number of carbonyl (C=O) groups is 2. The number of aromatic amines is 1. The minimum atomic E-state index is -0.541. The van der Waals surface area contributed by atoms with Crippen molar-refractivity contribution in [3.05, 3.63) is 63.9 Å². The Hall–Kier alpha value is -3.51. The van der Waals surface area contributed by atoms with Gasteiger partial charge in [0.25, 0.3) is 11.8 Å². The first-order valence-corrected chi connectivity index (χ1v) is 12.2. The largest absolute Gasteiger partial charge is 0.379 e. The summed E-state index contributed by atoms with van der Waals surface area (Å²) >= 11 is 5.90. The Morgan fingerprint density at radius 3 is 2.82 bits per heavy atom. The highest BCUT2D eigenvalue weighted by molar-refractivity contribution is 6.35. The molecule has 4 N–H and O–H groups in total. The number of amides is 2. The molecule has 1 saturated heterocycles. The number of aromatic nitrogens is 3. The van der Waals surface area contributed by atoms with Gasteiger partial charge in [-0.05, 0) is 42.8 Å². The molecular weight excluding hydrogens is 536 g/mol. The van der Waals surface area contributed by atoms with Crippen LogP contribution >= 0.6 is 24.0 Å². The van der Waals surface area contributed by atoms with E-state index in [0.717, 1.165) is 25.2 Å². The van der Waals surface area contributed by atoms with Gasteiger partial charge in [0.05, 0.1) is 29.4 Å². The van der Waals surface area contributed by atoms with Crippen molar-refractivity contribution < 1.29 is 18.7 Å². The van der Waals surface area contributed by atoms with Crippen LogP contribution in [0.3, 0.4) is 0 Å². The number of carbonyl (C=O) groups excluding carboxylic acids is 2. The monoisotopic (exact) mass is 561 g/mol. The van der Waals surface area contributed by atoms with Gasteiger partial charge in [0.2, 0.25) is 0 Å². The summed E-state index contributed by atoms with van der Waals surface area (Å²) in [5.74, 6) is -0.437. The Morgan fingerprint density at radius 2 is 2.05 bits per heavy atom. The number of morpholine rings is 1. The van der Waals surface area contributed by atoms with E-state index >= 15 is 0 Å². The lowest BCUT2D eigenvalue weighted by Gasteiger charge is -2.26. The van der Waals surface area contributed by atoms with E-state index in [1.807, 2.05) is 6.92 Å². The van der Waals surface area contributed by atoms with Gasteiger partial charge in [0.15, 0.2) is 0 Å². The number of rotatable bonds is 7. The smallest absolute Gasteiger partial charge is 0.267 e. The molecule has 13 heteroatoms. The lowest BCUT2D eigenvalue weighted by Crippen LogP contribution is -2.41. The summed E-state index contributed by atoms with van der Waals surface area (Å²) in [6.45, 7) is 6.24. The van der Waals surface area contributed by atoms with Crippen LogP contribution < -0.4 is 16.0 Å². The van der Waals surface area contributed by atoms with Gasteiger partial charge in [-0.3, -0.25) is 14.5 Å². The molecule has 0 radical (unpaired) electrons. The quantitative estimate of drug-likeness (QED) is 0.325. The third-order valence-electron chi connectivity index (χ3n) is 6.18. The fourth-order valence-corrected chi connectivity index (χ4v) is 4.39. The average Bonchev–Trinajstić information content (AvgIpc) is 3.42. The fourth-order valence-electron chi connectivity index (χ4n) is 4.21. The normalized spacial score (nSPS) is 16.1. The number of aryl methyl sites for hydroxylation is 1. The number of anilines is 3. The summed E-state index contributed by atoms with van der Waals surface area (Å²) in [6.07, 6.45) is 2.97. The van der Waals surface area contributed by atoms with Crippen molar-refractivity contribution in [2.45, 2.75) is 6.92 Å². The SMILES string of the molecule is Cc1cc(C(=O)NCCN2CCOCC2)[nH]c1/C=C1\C(=O)Nc2ncnc(Nc3ccc(F)c(Cl)c3)c21.Cl. The minimum Gasteiger partial charge on any atom is -0.379 e. The molecule has 2 amide bonds. The van der Waals surface area contributed by atoms with E-state index in [1.165, 1.54) is 24.5 Å². The van der Waals surface area contributed by atoms with Gasteiger partial charge in [0.1, 0.15) is 29.5 Å². The van der Waals surface area contributed by atoms with Crippen LogP contribution in [0.4, 0.5) is 21.7 Å². The molecular formula is C25H26Cl2FN7O3. The van der Waals surface area contributed by atoms with Crippen molar-refractivity contribution in [1.82, 2.24) is 25.2 Å². The van der Waals surface area contributed by atoms with Gasteiger partial charge in [-0.1, -0.05) is 11.6 Å². The van der Waals surface area contributed by atoms with Crippen LogP contribution in [0.15, 0.2) is 30.6 Å². The third kappa shape index (κ3) is 5.97. The molecule has 0 aliphatic carbocycles. The van der Waals surface area contributed by atoms with Crippen LogP contribution in [0.2, 0.25) is 5.02 Å². The van der Waals surface area contributed by atoms with Gasteiger partial charge in [0, 0.05) is 37.6 Å². The molecule has 1 fully saturated rings. The molecule has 1 aromatic carbocycles. The predicted octanol–water partition coefficient (Wildman–Crippen LogP) is 3.63. The van der Waals surface area contributed by atoms with E-state index in [1.54, 1.807) is 12.1 Å². The first-order chi connectivity index (χ1) is 17.9. The molecule has 10 nitrogen and oxygen atoms in total. The van der Waals surface area contributed by atoms with Gasteiger partial charge in [-0.2, -0.15) is 0 Å². The lowest BCUT2D eigenvalue weighted by atomic mass is 10.1. The Balaban J connectivity index is 0.00000336. The third-order valence-corrected chi connectivity index (χ3v) is 6.47. The molecule has 0 atom stereocenters. The topological polar surface area (TPSA) is 124 Å². The van der Waals surface area contributed by atoms with Crippen LogP contribution in [0.5, 0.6) is 0 Å². The Morgan fingerprint density at radius 1 is 1.26 bits per heavy atom. The molecule has 200 valence electrons. The average molecular weight is 562 g/mol. The highest BCUT2D eigenvalue weighted by Gasteiger charge is 2.30. The number of halogens is 3. The van der Waals surface area contributed by atoms with Gasteiger partial charge >= 0.3 is 0 Å². The van der Waals surface area contributed by atoms with Crippen molar-refractivity contribution in [3.63, 3.8) is 0 Å². The number of hydrogen-bond acceptors (Lipinski definition) is 7. The second-order valence-electron chi connectivity index (χ2n) is 8.70. The second-order valence-corrected chi connectivity index (χ2v) is 9.11. The number of benzene rings is 1. The molecule has 5 rings (SSSR count). The summed E-state index contributed by atoms with van der Waals surface area (Å²) < 4.78 is 18.9. The van der Waals surface area contributed by atoms with Crippen molar-refractivity contribution in [2.75, 3.05) is 50.0 Å². The number of fused-ring (bicyclic) bond motifs is 1. The zero-order valence-electron chi connectivity index (χ0n) is 20.4. The summed E-state index contributed by atoms with van der Waals surface area (Å²) in [5, 5.41) is 8.69. The Bertz CT molecular complexity index is 1390. The molecule has 0 bridgehead atoms. The number of nitrogens with one attached hydrogen (secondary N) is 4. The van der Waals surface area contributed by atoms with E-state index in [4.69, 9.17) is 16.3 Å². The first kappa shape index (κ1) is 27.5. The van der Waals surface area contributed by atoms with Crippen molar-refractivity contribution in [3.8, 4) is 0 Å². The fraction of sp³-hybridized carbons (Fsp3) is 0.280. The summed E-state index contributed by atoms with van der Waals surface area (Å²) in [7, 11) is 0. The van der Waals surface area contributed by atoms with Crippen LogP contribution in [-0.4, -0.2) is 71.1 Å². The van der Waals surface area contributed by atoms with Gasteiger partial charge in [-0.25, -0.2) is 14.4 Å². The molecule has 0 spiro atoms. The predicted molar refractivity (Wildman–Crippen MR) is 146 cm³/mol. The van der Waals surface area contributed by atoms with E-state index < -0.39 is 5.82 Å². The molecule has 4 heterocycles. The molecule has 2 aliphatic heterocycles. The van der Waals surface area contributed by atoms with Crippen LogP contribution in [-0.2, 0) is 9.53 Å². The summed E-state index contributed by atoms with van der Waals surface area (Å²) in [4.78, 5) is 39.3. The highest BCUT2D eigenvalue weighted by Crippen LogP contribution is 2.37. The van der Waals surface area contributed by atoms with E-state index in [2.05, 4.69) is 35.8 Å². The molecule has 38 heavy (non-hydrogen) atoms. The number of H-pyrrole nitrogens is 1. The van der Waals surface area contributed by atoms with Crippen LogP contribution in [0.25, 0.3) is 11.6 Å². The molecule has 2 aromatic heterocycles. The van der Waals surface area contributed by atoms with Gasteiger partial charge < -0.3 is 25.7 Å². The number of nitrogens with zero attached hydrogens (tertiary/aromatic N) is 3. The first-order valence-electron chi connectivity index (χ1n) is 11.8. The molecule has 2 aliphatic rings. The Labute approximate surface area is 229 Å². The molecule has 0 saturated carbocycles.